The van der Waals surface area contributed by atoms with Crippen molar-refractivity contribution in [2.45, 2.75) is 63.6 Å². The van der Waals surface area contributed by atoms with E-state index in [1.807, 2.05) is 0 Å². The van der Waals surface area contributed by atoms with Crippen molar-refractivity contribution < 1.29 is 32.9 Å². The Balaban J connectivity index is 1.89. The molecule has 3 aliphatic rings. The van der Waals surface area contributed by atoms with Gasteiger partial charge < -0.3 is 23.7 Å². The highest BCUT2D eigenvalue weighted by atomic mass is 19.1. The fourth-order valence-corrected chi connectivity index (χ4v) is 2.67. The van der Waals surface area contributed by atoms with Gasteiger partial charge in [-0.25, -0.2) is 4.39 Å². The fourth-order valence-electron chi connectivity index (χ4n) is 2.67. The Labute approximate surface area is 110 Å². The molecule has 108 valence electrons. The van der Waals surface area contributed by atoms with Crippen LogP contribution in [-0.2, 0) is 28.5 Å². The Kier molecular flexibility index (Phi) is 2.63. The number of ketones is 1. The third-order valence-corrected chi connectivity index (χ3v) is 3.33. The first-order valence-electron chi connectivity index (χ1n) is 6.21. The summed E-state index contributed by atoms with van der Waals surface area (Å²) in [6.45, 7) is 6.43. The molecule has 0 radical (unpaired) electrons. The molecular weight excluding hydrogens is 259 g/mol. The van der Waals surface area contributed by atoms with Gasteiger partial charge in [-0.05, 0) is 27.7 Å². The van der Waals surface area contributed by atoms with Gasteiger partial charge in [-0.3, -0.25) is 4.79 Å². The number of alkyl halides is 1. The minimum atomic E-state index is -2.05. The zero-order chi connectivity index (χ0) is 14.1. The molecule has 3 fully saturated rings. The maximum absolute atomic E-state index is 14.1. The van der Waals surface area contributed by atoms with Crippen molar-refractivity contribution in [2.24, 2.45) is 0 Å². The lowest BCUT2D eigenvalue weighted by Crippen LogP contribution is -2.61. The molecule has 0 aromatic carbocycles. The van der Waals surface area contributed by atoms with E-state index in [4.69, 9.17) is 23.7 Å². The summed E-state index contributed by atoms with van der Waals surface area (Å²) >= 11 is 0. The predicted octanol–water partition coefficient (Wildman–Crippen LogP) is 0.881. The summed E-state index contributed by atoms with van der Waals surface area (Å²) in [5.41, 5.74) is 0. The predicted molar refractivity (Wildman–Crippen MR) is 58.7 cm³/mol. The molecule has 7 heteroatoms. The molecule has 1 spiro atoms. The van der Waals surface area contributed by atoms with Crippen molar-refractivity contribution in [2.75, 3.05) is 6.61 Å². The van der Waals surface area contributed by atoms with Crippen molar-refractivity contribution in [1.82, 2.24) is 0 Å². The average Bonchev–Trinajstić information content (AvgIpc) is 2.68. The molecule has 0 aromatic rings. The SMILES string of the molecule is CC1(C)O[C@@H]2CO[C@@]3(OC(C)(C)OC3F)C(=O)[C@@H]2O1. The molecule has 6 nitrogen and oxygen atoms in total. The quantitative estimate of drug-likeness (QED) is 0.654. The normalized spacial score (nSPS) is 47.6. The van der Waals surface area contributed by atoms with Crippen LogP contribution in [0.3, 0.4) is 0 Å². The second-order valence-electron chi connectivity index (χ2n) is 5.87. The largest absolute Gasteiger partial charge is 0.342 e. The van der Waals surface area contributed by atoms with E-state index < -0.39 is 41.7 Å². The summed E-state index contributed by atoms with van der Waals surface area (Å²) in [5.74, 6) is -4.81. The second kappa shape index (κ2) is 3.73. The number of hydrogen-bond acceptors (Lipinski definition) is 6. The topological polar surface area (TPSA) is 63.2 Å². The van der Waals surface area contributed by atoms with Gasteiger partial charge in [0.15, 0.2) is 17.7 Å². The minimum absolute atomic E-state index is 0.0136. The van der Waals surface area contributed by atoms with Crippen LogP contribution in [-0.4, -0.2) is 48.3 Å². The zero-order valence-corrected chi connectivity index (χ0v) is 11.3. The first kappa shape index (κ1) is 13.4. The summed E-state index contributed by atoms with van der Waals surface area (Å²) < 4.78 is 40.8. The third kappa shape index (κ3) is 1.92. The number of hydrogen-bond donors (Lipinski definition) is 0. The first-order valence-corrected chi connectivity index (χ1v) is 6.21. The molecule has 3 rings (SSSR count). The summed E-state index contributed by atoms with van der Waals surface area (Å²) in [6.07, 6.45) is -3.43. The first-order chi connectivity index (χ1) is 8.65. The number of Topliss-reactive ketones (excluding diaryl/α,β-unsaturated/α-hetero) is 1. The van der Waals surface area contributed by atoms with Crippen LogP contribution in [0.25, 0.3) is 0 Å². The summed E-state index contributed by atoms with van der Waals surface area (Å²) in [4.78, 5) is 12.4. The number of halogens is 1. The van der Waals surface area contributed by atoms with Crippen molar-refractivity contribution in [3.05, 3.63) is 0 Å². The van der Waals surface area contributed by atoms with Crippen molar-refractivity contribution in [3.63, 3.8) is 0 Å². The van der Waals surface area contributed by atoms with Gasteiger partial charge in [-0.2, -0.15) is 0 Å². The number of fused-ring (bicyclic) bond motifs is 1. The molecule has 3 aliphatic heterocycles. The van der Waals surface area contributed by atoms with E-state index in [-0.39, 0.29) is 6.61 Å². The van der Waals surface area contributed by atoms with Crippen molar-refractivity contribution >= 4 is 5.78 Å². The maximum Gasteiger partial charge on any atom is 0.292 e. The lowest BCUT2D eigenvalue weighted by atomic mass is 9.99. The smallest absolute Gasteiger partial charge is 0.292 e. The van der Waals surface area contributed by atoms with Gasteiger partial charge in [-0.15, -0.1) is 0 Å². The van der Waals surface area contributed by atoms with Gasteiger partial charge in [0.2, 0.25) is 5.78 Å². The van der Waals surface area contributed by atoms with Crippen LogP contribution >= 0.6 is 0 Å². The lowest BCUT2D eigenvalue weighted by Gasteiger charge is -2.36. The van der Waals surface area contributed by atoms with Gasteiger partial charge in [0.05, 0.1) is 6.61 Å². The highest BCUT2D eigenvalue weighted by molar-refractivity contribution is 5.92. The zero-order valence-electron chi connectivity index (χ0n) is 11.3. The number of carbonyl (C=O) groups excluding carboxylic acids is 1. The monoisotopic (exact) mass is 276 g/mol. The van der Waals surface area contributed by atoms with E-state index in [0.29, 0.717) is 0 Å². The van der Waals surface area contributed by atoms with Gasteiger partial charge in [0.25, 0.3) is 12.1 Å². The van der Waals surface area contributed by atoms with Crippen molar-refractivity contribution in [1.29, 1.82) is 0 Å². The van der Waals surface area contributed by atoms with Crippen LogP contribution in [0.2, 0.25) is 0 Å². The van der Waals surface area contributed by atoms with Gasteiger partial charge in [-0.1, -0.05) is 0 Å². The molecule has 3 saturated heterocycles. The van der Waals surface area contributed by atoms with Crippen LogP contribution in [0.15, 0.2) is 0 Å². The van der Waals surface area contributed by atoms with Gasteiger partial charge in [0.1, 0.15) is 6.10 Å². The summed E-state index contributed by atoms with van der Waals surface area (Å²) in [7, 11) is 0. The lowest BCUT2D eigenvalue weighted by molar-refractivity contribution is -0.272. The van der Waals surface area contributed by atoms with Crippen LogP contribution in [0, 0.1) is 0 Å². The van der Waals surface area contributed by atoms with E-state index in [0.717, 1.165) is 0 Å². The molecule has 0 N–H and O–H groups in total. The Bertz CT molecular complexity index is 422. The minimum Gasteiger partial charge on any atom is -0.342 e. The van der Waals surface area contributed by atoms with Crippen LogP contribution in [0.5, 0.6) is 0 Å². The van der Waals surface area contributed by atoms with Gasteiger partial charge >= 0.3 is 0 Å². The Morgan fingerprint density at radius 1 is 1.11 bits per heavy atom. The fraction of sp³-hybridized carbons (Fsp3) is 0.917. The summed E-state index contributed by atoms with van der Waals surface area (Å²) in [6, 6.07) is 0. The molecule has 0 bridgehead atoms. The van der Waals surface area contributed by atoms with Crippen molar-refractivity contribution in [3.8, 4) is 0 Å². The molecule has 4 atom stereocenters. The molecule has 0 amide bonds. The van der Waals surface area contributed by atoms with Crippen LogP contribution in [0.1, 0.15) is 27.7 Å². The maximum atomic E-state index is 14.1. The van der Waals surface area contributed by atoms with Crippen LogP contribution < -0.4 is 0 Å². The molecule has 0 aromatic heterocycles. The number of ether oxygens (including phenoxy) is 5. The average molecular weight is 276 g/mol. The second-order valence-corrected chi connectivity index (χ2v) is 5.87. The number of carbonyl (C=O) groups is 1. The molecule has 3 heterocycles. The van der Waals surface area contributed by atoms with E-state index in [1.165, 1.54) is 13.8 Å². The highest BCUT2D eigenvalue weighted by Crippen LogP contribution is 2.45. The molecule has 1 unspecified atom stereocenters. The molecule has 0 saturated carbocycles. The Hall–Kier alpha value is -0.600. The number of rotatable bonds is 0. The van der Waals surface area contributed by atoms with E-state index >= 15 is 0 Å². The highest BCUT2D eigenvalue weighted by Gasteiger charge is 2.67. The van der Waals surface area contributed by atoms with Crippen LogP contribution in [0.4, 0.5) is 4.39 Å². The Morgan fingerprint density at radius 3 is 2.37 bits per heavy atom. The Morgan fingerprint density at radius 2 is 1.79 bits per heavy atom. The molecular formula is C12H17FO6. The van der Waals surface area contributed by atoms with E-state index in [1.54, 1.807) is 13.8 Å². The third-order valence-electron chi connectivity index (χ3n) is 3.33. The molecule has 0 aliphatic carbocycles. The van der Waals surface area contributed by atoms with E-state index in [2.05, 4.69) is 0 Å². The van der Waals surface area contributed by atoms with Gasteiger partial charge in [0, 0.05) is 0 Å². The summed E-state index contributed by atoms with van der Waals surface area (Å²) in [5, 5.41) is 0. The van der Waals surface area contributed by atoms with E-state index in [9.17, 15) is 9.18 Å². The standard InChI is InChI=1S/C12H17FO6/c1-10(2)16-6-5-15-12(8(14)7(6)17-10)9(13)18-11(3,4)19-12/h6-7,9H,5H2,1-4H3/t6-,7-,9?,12-/m1/s1. The molecule has 19 heavy (non-hydrogen) atoms.